The zero-order chi connectivity index (χ0) is 11.7. The molecule has 0 atom stereocenters. The molecule has 0 spiro atoms. The van der Waals surface area contributed by atoms with Crippen LogP contribution in [0.3, 0.4) is 0 Å². The molecule has 0 radical (unpaired) electrons. The SMILES string of the molecule is CCCCCCNC1C2CC3CC(C2)CC1C3. The van der Waals surface area contributed by atoms with Crippen LogP contribution in [0.25, 0.3) is 0 Å². The summed E-state index contributed by atoms with van der Waals surface area (Å²) in [7, 11) is 0. The number of hydrogen-bond donors (Lipinski definition) is 1. The highest BCUT2D eigenvalue weighted by atomic mass is 14.9. The van der Waals surface area contributed by atoms with E-state index in [1.807, 2.05) is 0 Å². The summed E-state index contributed by atoms with van der Waals surface area (Å²) in [5, 5.41) is 3.92. The van der Waals surface area contributed by atoms with Crippen LogP contribution in [0.5, 0.6) is 0 Å². The fourth-order valence-electron chi connectivity index (χ4n) is 5.08. The second-order valence-corrected chi connectivity index (χ2v) is 6.97. The molecule has 4 saturated carbocycles. The Balaban J connectivity index is 1.44. The Kier molecular flexibility index (Phi) is 3.75. The zero-order valence-electron chi connectivity index (χ0n) is 11.5. The van der Waals surface area contributed by atoms with Crippen molar-refractivity contribution < 1.29 is 0 Å². The highest BCUT2D eigenvalue weighted by Gasteiger charge is 2.47. The van der Waals surface area contributed by atoms with E-state index in [2.05, 4.69) is 12.2 Å². The van der Waals surface area contributed by atoms with Gasteiger partial charge in [-0.25, -0.2) is 0 Å². The van der Waals surface area contributed by atoms with Crippen molar-refractivity contribution in [3.63, 3.8) is 0 Å². The summed E-state index contributed by atoms with van der Waals surface area (Å²) >= 11 is 0. The van der Waals surface area contributed by atoms with Crippen LogP contribution < -0.4 is 5.32 Å². The van der Waals surface area contributed by atoms with Gasteiger partial charge < -0.3 is 5.32 Å². The Morgan fingerprint density at radius 2 is 1.47 bits per heavy atom. The quantitative estimate of drug-likeness (QED) is 0.687. The molecule has 4 bridgehead atoms. The molecule has 4 aliphatic rings. The van der Waals surface area contributed by atoms with E-state index >= 15 is 0 Å². The first kappa shape index (κ1) is 12.0. The molecule has 1 N–H and O–H groups in total. The van der Waals surface area contributed by atoms with Crippen LogP contribution in [-0.4, -0.2) is 12.6 Å². The van der Waals surface area contributed by atoms with Crippen LogP contribution in [0.4, 0.5) is 0 Å². The molecule has 1 heteroatoms. The lowest BCUT2D eigenvalue weighted by Crippen LogP contribution is -2.54. The third-order valence-corrected chi connectivity index (χ3v) is 5.64. The fourth-order valence-corrected chi connectivity index (χ4v) is 5.08. The lowest BCUT2D eigenvalue weighted by Gasteiger charge is -2.54. The minimum atomic E-state index is 0.907. The summed E-state index contributed by atoms with van der Waals surface area (Å²) in [5.74, 6) is 4.35. The number of nitrogens with one attached hydrogen (secondary N) is 1. The second-order valence-electron chi connectivity index (χ2n) is 6.97. The normalized spacial score (nSPS) is 43.2. The summed E-state index contributed by atoms with van der Waals surface area (Å²) in [6.07, 6.45) is 13.4. The van der Waals surface area contributed by atoms with E-state index < -0.39 is 0 Å². The highest BCUT2D eigenvalue weighted by Crippen LogP contribution is 2.53. The summed E-state index contributed by atoms with van der Waals surface area (Å²) in [6, 6.07) is 0.907. The van der Waals surface area contributed by atoms with Crippen LogP contribution in [0.1, 0.15) is 64.7 Å². The summed E-state index contributed by atoms with van der Waals surface area (Å²) < 4.78 is 0. The average molecular weight is 235 g/mol. The lowest BCUT2D eigenvalue weighted by atomic mass is 9.54. The predicted octanol–water partition coefficient (Wildman–Crippen LogP) is 3.98. The standard InChI is InChI=1S/C16H29N/c1-2-3-4-5-6-17-16-14-8-12-7-13(10-14)11-15(16)9-12/h12-17H,2-11H2,1H3. The lowest BCUT2D eigenvalue weighted by molar-refractivity contribution is -0.0135. The van der Waals surface area contributed by atoms with E-state index in [9.17, 15) is 0 Å². The van der Waals surface area contributed by atoms with Crippen molar-refractivity contribution >= 4 is 0 Å². The monoisotopic (exact) mass is 235 g/mol. The van der Waals surface area contributed by atoms with Gasteiger partial charge in [0.05, 0.1) is 0 Å². The maximum absolute atomic E-state index is 3.92. The summed E-state index contributed by atoms with van der Waals surface area (Å²) in [4.78, 5) is 0. The molecule has 0 aromatic rings. The molecule has 98 valence electrons. The van der Waals surface area contributed by atoms with Crippen molar-refractivity contribution in [3.05, 3.63) is 0 Å². The van der Waals surface area contributed by atoms with Gasteiger partial charge in [0.2, 0.25) is 0 Å². The molecule has 4 aliphatic carbocycles. The second kappa shape index (κ2) is 5.30. The number of hydrogen-bond acceptors (Lipinski definition) is 1. The third kappa shape index (κ3) is 2.54. The van der Waals surface area contributed by atoms with E-state index in [1.54, 1.807) is 32.1 Å². The van der Waals surface area contributed by atoms with Gasteiger partial charge in [-0.05, 0) is 68.7 Å². The first-order chi connectivity index (χ1) is 8.36. The zero-order valence-corrected chi connectivity index (χ0v) is 11.5. The molecular formula is C16H29N. The molecular weight excluding hydrogens is 206 g/mol. The van der Waals surface area contributed by atoms with Crippen LogP contribution >= 0.6 is 0 Å². The molecule has 0 amide bonds. The van der Waals surface area contributed by atoms with Gasteiger partial charge in [0, 0.05) is 6.04 Å². The predicted molar refractivity (Wildman–Crippen MR) is 73.0 cm³/mol. The Morgan fingerprint density at radius 3 is 2.06 bits per heavy atom. The Hall–Kier alpha value is -0.0400. The molecule has 0 unspecified atom stereocenters. The van der Waals surface area contributed by atoms with Crippen LogP contribution in [0.2, 0.25) is 0 Å². The first-order valence-electron chi connectivity index (χ1n) is 8.10. The van der Waals surface area contributed by atoms with E-state index in [0.717, 1.165) is 29.7 Å². The van der Waals surface area contributed by atoms with Gasteiger partial charge in [-0.3, -0.25) is 0 Å². The molecule has 4 rings (SSSR count). The van der Waals surface area contributed by atoms with E-state index in [-0.39, 0.29) is 0 Å². The van der Waals surface area contributed by atoms with Gasteiger partial charge in [0.15, 0.2) is 0 Å². The molecule has 0 aliphatic heterocycles. The van der Waals surface area contributed by atoms with Crippen LogP contribution in [0, 0.1) is 23.7 Å². The van der Waals surface area contributed by atoms with Gasteiger partial charge in [0.25, 0.3) is 0 Å². The first-order valence-corrected chi connectivity index (χ1v) is 8.10. The van der Waals surface area contributed by atoms with Crippen LogP contribution in [0.15, 0.2) is 0 Å². The van der Waals surface area contributed by atoms with Crippen molar-refractivity contribution in [3.8, 4) is 0 Å². The molecule has 0 aromatic carbocycles. The van der Waals surface area contributed by atoms with E-state index in [1.165, 1.54) is 32.2 Å². The van der Waals surface area contributed by atoms with E-state index in [4.69, 9.17) is 0 Å². The fraction of sp³-hybridized carbons (Fsp3) is 1.00. The number of rotatable bonds is 6. The topological polar surface area (TPSA) is 12.0 Å². The largest absolute Gasteiger partial charge is 0.313 e. The van der Waals surface area contributed by atoms with Crippen molar-refractivity contribution in [2.24, 2.45) is 23.7 Å². The van der Waals surface area contributed by atoms with Crippen molar-refractivity contribution in [1.29, 1.82) is 0 Å². The van der Waals surface area contributed by atoms with Crippen LogP contribution in [-0.2, 0) is 0 Å². The third-order valence-electron chi connectivity index (χ3n) is 5.64. The smallest absolute Gasteiger partial charge is 0.0124 e. The Morgan fingerprint density at radius 1 is 0.824 bits per heavy atom. The molecule has 17 heavy (non-hydrogen) atoms. The number of unbranched alkanes of at least 4 members (excludes halogenated alkanes) is 3. The Bertz CT molecular complexity index is 220. The van der Waals surface area contributed by atoms with Gasteiger partial charge in [-0.2, -0.15) is 0 Å². The summed E-state index contributed by atoms with van der Waals surface area (Å²) in [6.45, 7) is 3.58. The minimum absolute atomic E-state index is 0.907. The molecule has 0 aromatic heterocycles. The van der Waals surface area contributed by atoms with Gasteiger partial charge in [-0.15, -0.1) is 0 Å². The maximum atomic E-state index is 3.92. The maximum Gasteiger partial charge on any atom is 0.0124 e. The molecule has 4 fully saturated rings. The van der Waals surface area contributed by atoms with Crippen molar-refractivity contribution in [1.82, 2.24) is 5.32 Å². The van der Waals surface area contributed by atoms with Gasteiger partial charge >= 0.3 is 0 Å². The molecule has 0 heterocycles. The van der Waals surface area contributed by atoms with Crippen molar-refractivity contribution in [2.45, 2.75) is 70.8 Å². The average Bonchev–Trinajstić information content (AvgIpc) is 2.31. The summed E-state index contributed by atoms with van der Waals surface area (Å²) in [5.41, 5.74) is 0. The van der Waals surface area contributed by atoms with Gasteiger partial charge in [-0.1, -0.05) is 26.2 Å². The molecule has 0 saturated heterocycles. The van der Waals surface area contributed by atoms with E-state index in [0.29, 0.717) is 0 Å². The minimum Gasteiger partial charge on any atom is -0.313 e. The molecule has 1 nitrogen and oxygen atoms in total. The van der Waals surface area contributed by atoms with Gasteiger partial charge in [0.1, 0.15) is 0 Å². The Labute approximate surface area is 107 Å². The highest BCUT2D eigenvalue weighted by molar-refractivity contribution is 5.01. The van der Waals surface area contributed by atoms with Crippen molar-refractivity contribution in [2.75, 3.05) is 6.54 Å².